The summed E-state index contributed by atoms with van der Waals surface area (Å²) in [6.07, 6.45) is 0.414. The molecule has 0 N–H and O–H groups in total. The van der Waals surface area contributed by atoms with E-state index in [0.717, 1.165) is 58.5 Å². The van der Waals surface area contributed by atoms with Crippen LogP contribution < -0.4 is 18.9 Å². The smallest absolute Gasteiger partial charge is 0.130 e. The Morgan fingerprint density at radius 3 is 1.23 bits per heavy atom. The van der Waals surface area contributed by atoms with Gasteiger partial charge in [-0.25, -0.2) is 0 Å². The Morgan fingerprint density at radius 1 is 0.538 bits per heavy atom. The van der Waals surface area contributed by atoms with Crippen LogP contribution in [0.5, 0.6) is 23.0 Å². The Morgan fingerprint density at radius 2 is 0.872 bits per heavy atom. The molecule has 0 bridgehead atoms. The van der Waals surface area contributed by atoms with E-state index in [4.69, 9.17) is 28.4 Å². The molecule has 0 spiro atoms. The summed E-state index contributed by atoms with van der Waals surface area (Å²) in [5.41, 5.74) is 4.51. The summed E-state index contributed by atoms with van der Waals surface area (Å²) in [4.78, 5) is 0. The van der Waals surface area contributed by atoms with Crippen LogP contribution in [0, 0.1) is 0 Å². The molecule has 2 fully saturated rings. The van der Waals surface area contributed by atoms with Crippen molar-refractivity contribution in [3.8, 4) is 45.3 Å². The summed E-state index contributed by atoms with van der Waals surface area (Å²) in [5, 5.41) is 0. The Kier molecular flexibility index (Phi) is 7.66. The number of rotatable bonds is 13. The van der Waals surface area contributed by atoms with Gasteiger partial charge in [0.05, 0.1) is 13.2 Å². The quantitative estimate of drug-likeness (QED) is 0.188. The molecule has 0 amide bonds. The van der Waals surface area contributed by atoms with Crippen molar-refractivity contribution >= 4 is 0 Å². The van der Waals surface area contributed by atoms with Crippen LogP contribution >= 0.6 is 0 Å². The van der Waals surface area contributed by atoms with Crippen LogP contribution in [0.25, 0.3) is 22.3 Å². The average Bonchev–Trinajstić information content (AvgIpc) is 3.91. The summed E-state index contributed by atoms with van der Waals surface area (Å²) >= 11 is 0. The highest BCUT2D eigenvalue weighted by Crippen LogP contribution is 2.27. The molecule has 200 valence electrons. The van der Waals surface area contributed by atoms with Crippen molar-refractivity contribution in [2.75, 3.05) is 33.0 Å². The first kappa shape index (κ1) is 25.3. The van der Waals surface area contributed by atoms with Gasteiger partial charge < -0.3 is 28.4 Å². The third-order valence-electron chi connectivity index (χ3n) is 6.58. The SMILES string of the molecule is CC(COc1ccc(-c2ccc(OCC3CO3)cc2)cc1)Oc1ccc(-c2ccc(OCC3CO3)cc2)cc1. The molecule has 6 heteroatoms. The predicted molar refractivity (Wildman–Crippen MR) is 150 cm³/mol. The highest BCUT2D eigenvalue weighted by atomic mass is 16.6. The summed E-state index contributed by atoms with van der Waals surface area (Å²) in [5.74, 6) is 3.34. The molecule has 39 heavy (non-hydrogen) atoms. The van der Waals surface area contributed by atoms with E-state index >= 15 is 0 Å². The maximum absolute atomic E-state index is 6.07. The minimum Gasteiger partial charge on any atom is -0.491 e. The van der Waals surface area contributed by atoms with Crippen LogP contribution in [-0.2, 0) is 9.47 Å². The third-order valence-corrected chi connectivity index (χ3v) is 6.58. The fourth-order valence-corrected chi connectivity index (χ4v) is 4.14. The molecule has 4 aromatic carbocycles. The molecular weight excluding hydrogens is 492 g/mol. The zero-order chi connectivity index (χ0) is 26.4. The van der Waals surface area contributed by atoms with Gasteiger partial charge in [0.15, 0.2) is 0 Å². The molecule has 3 atom stereocenters. The van der Waals surface area contributed by atoms with Crippen LogP contribution in [0.2, 0.25) is 0 Å². The minimum absolute atomic E-state index is 0.101. The van der Waals surface area contributed by atoms with E-state index in [0.29, 0.717) is 19.8 Å². The van der Waals surface area contributed by atoms with E-state index in [2.05, 4.69) is 48.5 Å². The van der Waals surface area contributed by atoms with Crippen molar-refractivity contribution in [1.29, 1.82) is 0 Å². The van der Waals surface area contributed by atoms with Gasteiger partial charge in [0, 0.05) is 0 Å². The summed E-state index contributed by atoms with van der Waals surface area (Å²) < 4.78 is 33.9. The topological polar surface area (TPSA) is 62.0 Å². The average molecular weight is 525 g/mol. The van der Waals surface area contributed by atoms with Gasteiger partial charge in [0.2, 0.25) is 0 Å². The van der Waals surface area contributed by atoms with Crippen LogP contribution in [0.1, 0.15) is 6.92 Å². The highest BCUT2D eigenvalue weighted by Gasteiger charge is 2.23. The fourth-order valence-electron chi connectivity index (χ4n) is 4.14. The van der Waals surface area contributed by atoms with Crippen molar-refractivity contribution in [2.45, 2.75) is 25.2 Å². The second-order valence-electron chi connectivity index (χ2n) is 9.87. The Hall–Kier alpha value is -4.00. The predicted octanol–water partition coefficient (Wildman–Crippen LogP) is 6.42. The van der Waals surface area contributed by atoms with Crippen molar-refractivity contribution in [3.05, 3.63) is 97.1 Å². The van der Waals surface area contributed by atoms with E-state index in [-0.39, 0.29) is 18.3 Å². The number of hydrogen-bond acceptors (Lipinski definition) is 6. The Balaban J connectivity index is 0.956. The molecule has 2 heterocycles. The number of hydrogen-bond donors (Lipinski definition) is 0. The zero-order valence-electron chi connectivity index (χ0n) is 22.0. The molecule has 3 unspecified atom stereocenters. The van der Waals surface area contributed by atoms with Crippen molar-refractivity contribution in [3.63, 3.8) is 0 Å². The standard InChI is InChI=1S/C33H32O6/c1-23(39-31-16-8-27(9-17-31)26-6-14-30(15-7-26)36-20-33-22-38-33)18-34-28-10-2-24(3-11-28)25-4-12-29(13-5-25)35-19-32-21-37-32/h2-17,23,32-33H,18-22H2,1H3. The molecule has 6 rings (SSSR count). The first-order valence-corrected chi connectivity index (χ1v) is 13.4. The summed E-state index contributed by atoms with van der Waals surface area (Å²) in [7, 11) is 0. The summed E-state index contributed by atoms with van der Waals surface area (Å²) in [6.45, 7) is 5.28. The zero-order valence-corrected chi connectivity index (χ0v) is 22.0. The second-order valence-corrected chi connectivity index (χ2v) is 9.87. The van der Waals surface area contributed by atoms with Crippen LogP contribution in [0.15, 0.2) is 97.1 Å². The van der Waals surface area contributed by atoms with Gasteiger partial charge in [-0.3, -0.25) is 0 Å². The molecule has 2 aliphatic heterocycles. The van der Waals surface area contributed by atoms with Crippen molar-refractivity contribution in [1.82, 2.24) is 0 Å². The van der Waals surface area contributed by atoms with Crippen LogP contribution in [0.4, 0.5) is 0 Å². The minimum atomic E-state index is -0.101. The Labute approximate surface area is 229 Å². The summed E-state index contributed by atoms with van der Waals surface area (Å²) in [6, 6.07) is 32.4. The van der Waals surface area contributed by atoms with E-state index in [1.165, 1.54) is 0 Å². The number of ether oxygens (including phenoxy) is 6. The fraction of sp³-hybridized carbons (Fsp3) is 0.273. The van der Waals surface area contributed by atoms with Gasteiger partial charge in [0.25, 0.3) is 0 Å². The molecule has 0 radical (unpaired) electrons. The molecule has 0 saturated carbocycles. The van der Waals surface area contributed by atoms with Gasteiger partial charge in [-0.05, 0) is 77.7 Å². The van der Waals surface area contributed by atoms with Gasteiger partial charge in [-0.2, -0.15) is 0 Å². The second kappa shape index (κ2) is 11.8. The van der Waals surface area contributed by atoms with Crippen LogP contribution in [-0.4, -0.2) is 51.3 Å². The van der Waals surface area contributed by atoms with E-state index in [9.17, 15) is 0 Å². The van der Waals surface area contributed by atoms with E-state index < -0.39 is 0 Å². The lowest BCUT2D eigenvalue weighted by Gasteiger charge is -2.16. The van der Waals surface area contributed by atoms with E-state index in [1.807, 2.05) is 55.5 Å². The molecule has 2 aliphatic rings. The molecule has 4 aromatic rings. The van der Waals surface area contributed by atoms with Crippen LogP contribution in [0.3, 0.4) is 0 Å². The molecular formula is C33H32O6. The molecule has 2 saturated heterocycles. The maximum Gasteiger partial charge on any atom is 0.130 e. The van der Waals surface area contributed by atoms with Gasteiger partial charge >= 0.3 is 0 Å². The molecule has 0 aliphatic carbocycles. The first-order chi connectivity index (χ1) is 19.2. The lowest BCUT2D eigenvalue weighted by Crippen LogP contribution is -2.21. The van der Waals surface area contributed by atoms with Gasteiger partial charge in [0.1, 0.15) is 61.1 Å². The van der Waals surface area contributed by atoms with Gasteiger partial charge in [-0.15, -0.1) is 0 Å². The molecule has 6 nitrogen and oxygen atoms in total. The van der Waals surface area contributed by atoms with Crippen molar-refractivity contribution < 1.29 is 28.4 Å². The lowest BCUT2D eigenvalue weighted by atomic mass is 10.1. The van der Waals surface area contributed by atoms with E-state index in [1.54, 1.807) is 0 Å². The number of benzene rings is 4. The lowest BCUT2D eigenvalue weighted by molar-refractivity contribution is 0.143. The van der Waals surface area contributed by atoms with Gasteiger partial charge in [-0.1, -0.05) is 48.5 Å². The Bertz CT molecular complexity index is 1330. The normalized spacial score (nSPS) is 18.2. The highest BCUT2D eigenvalue weighted by molar-refractivity contribution is 5.65. The van der Waals surface area contributed by atoms with Crippen molar-refractivity contribution in [2.24, 2.45) is 0 Å². The number of epoxide rings is 2. The third kappa shape index (κ3) is 7.31. The maximum atomic E-state index is 6.07. The largest absolute Gasteiger partial charge is 0.491 e. The first-order valence-electron chi connectivity index (χ1n) is 13.4. The monoisotopic (exact) mass is 524 g/mol. The molecule has 0 aromatic heterocycles.